The zero-order valence-corrected chi connectivity index (χ0v) is 23.9. The topological polar surface area (TPSA) is 87.4 Å². The molecular weight excluding hydrogens is 494 g/mol. The van der Waals surface area contributed by atoms with Crippen molar-refractivity contribution in [3.05, 3.63) is 59.2 Å². The molecule has 4 atom stereocenters. The molecule has 2 aliphatic heterocycles. The standard InChI is InChI=1S/C31H47N3O5/c1-4-37-23(2)20-36-21-24-6-9-26(10-7-24)31-27(17-32)18-33-19-30(31)39-22-25-8-11-29-28(16-25)34(13-15-38-29)12-5-14-35-3/h6-11,16,23,27,30-31,33H,4-5,12-15,17-22,32H2,1-3H3/t23-,27-,30+,31+/m1/s1. The van der Waals surface area contributed by atoms with Gasteiger partial charge >= 0.3 is 0 Å². The SMILES string of the molecule is CCO[C@H](C)COCc1ccc([C@H]2[C@H](CN)CNC[C@@H]2OCc2ccc3c(c2)N(CCCOC)CCO3)cc1. The molecule has 2 heterocycles. The predicted octanol–water partition coefficient (Wildman–Crippen LogP) is 3.71. The van der Waals surface area contributed by atoms with Crippen LogP contribution in [0, 0.1) is 5.92 Å². The minimum absolute atomic E-state index is 0.0338. The van der Waals surface area contributed by atoms with E-state index in [0.717, 1.165) is 61.8 Å². The summed E-state index contributed by atoms with van der Waals surface area (Å²) in [5, 5.41) is 3.54. The Labute approximate surface area is 234 Å². The van der Waals surface area contributed by atoms with Crippen molar-refractivity contribution in [1.82, 2.24) is 5.32 Å². The molecule has 0 aromatic heterocycles. The fraction of sp³-hybridized carbons (Fsp3) is 0.613. The normalized spacial score (nSPS) is 21.8. The first kappa shape index (κ1) is 29.8. The zero-order valence-electron chi connectivity index (χ0n) is 23.9. The Bertz CT molecular complexity index is 989. The van der Waals surface area contributed by atoms with Crippen molar-refractivity contribution in [2.45, 2.75) is 51.6 Å². The van der Waals surface area contributed by atoms with Crippen LogP contribution >= 0.6 is 0 Å². The molecule has 2 aromatic rings. The largest absolute Gasteiger partial charge is 0.490 e. The lowest BCUT2D eigenvalue weighted by atomic mass is 9.79. The van der Waals surface area contributed by atoms with Gasteiger partial charge in [0.05, 0.1) is 44.3 Å². The number of hydrogen-bond donors (Lipinski definition) is 2. The molecule has 0 spiro atoms. The van der Waals surface area contributed by atoms with E-state index in [1.807, 2.05) is 13.8 Å². The van der Waals surface area contributed by atoms with Crippen molar-refractivity contribution in [3.63, 3.8) is 0 Å². The van der Waals surface area contributed by atoms with Crippen molar-refractivity contribution in [1.29, 1.82) is 0 Å². The lowest BCUT2D eigenvalue weighted by molar-refractivity contribution is -0.00735. The molecule has 39 heavy (non-hydrogen) atoms. The van der Waals surface area contributed by atoms with Crippen LogP contribution in [0.1, 0.15) is 42.9 Å². The minimum atomic E-state index is 0.0338. The quantitative estimate of drug-likeness (QED) is 0.330. The molecule has 0 saturated carbocycles. The number of methoxy groups -OCH3 is 1. The van der Waals surface area contributed by atoms with E-state index in [-0.39, 0.29) is 18.1 Å². The van der Waals surface area contributed by atoms with E-state index in [4.69, 9.17) is 29.4 Å². The molecule has 0 amide bonds. The monoisotopic (exact) mass is 541 g/mol. The minimum Gasteiger partial charge on any atom is -0.490 e. The van der Waals surface area contributed by atoms with Gasteiger partial charge in [-0.2, -0.15) is 0 Å². The molecule has 8 nitrogen and oxygen atoms in total. The number of nitrogens with one attached hydrogen (secondary N) is 1. The van der Waals surface area contributed by atoms with Gasteiger partial charge in [0.25, 0.3) is 0 Å². The molecule has 0 bridgehead atoms. The molecule has 3 N–H and O–H groups in total. The summed E-state index contributed by atoms with van der Waals surface area (Å²) in [5.74, 6) is 1.49. The molecule has 1 fully saturated rings. The second kappa shape index (κ2) is 15.6. The number of fused-ring (bicyclic) bond motifs is 1. The third-order valence-corrected chi connectivity index (χ3v) is 7.62. The van der Waals surface area contributed by atoms with Crippen molar-refractivity contribution in [2.75, 3.05) is 71.2 Å². The van der Waals surface area contributed by atoms with E-state index in [9.17, 15) is 0 Å². The highest BCUT2D eigenvalue weighted by Gasteiger charge is 2.34. The maximum absolute atomic E-state index is 6.60. The number of rotatable bonds is 15. The summed E-state index contributed by atoms with van der Waals surface area (Å²) < 4.78 is 29.2. The van der Waals surface area contributed by atoms with E-state index in [0.29, 0.717) is 45.5 Å². The van der Waals surface area contributed by atoms with Crippen LogP contribution in [0.15, 0.2) is 42.5 Å². The first-order chi connectivity index (χ1) is 19.1. The molecule has 216 valence electrons. The molecule has 2 aliphatic rings. The van der Waals surface area contributed by atoms with Crippen LogP contribution in [0.3, 0.4) is 0 Å². The smallest absolute Gasteiger partial charge is 0.142 e. The molecule has 0 aliphatic carbocycles. The summed E-state index contributed by atoms with van der Waals surface area (Å²) in [4.78, 5) is 2.39. The maximum Gasteiger partial charge on any atom is 0.142 e. The van der Waals surface area contributed by atoms with E-state index < -0.39 is 0 Å². The van der Waals surface area contributed by atoms with Crippen molar-refractivity contribution in [2.24, 2.45) is 11.7 Å². The molecule has 0 unspecified atom stereocenters. The van der Waals surface area contributed by atoms with Crippen LogP contribution in [0.25, 0.3) is 0 Å². The molecule has 8 heteroatoms. The Balaban J connectivity index is 1.39. The van der Waals surface area contributed by atoms with E-state index in [1.165, 1.54) is 5.56 Å². The molecule has 1 saturated heterocycles. The van der Waals surface area contributed by atoms with Gasteiger partial charge in [0, 0.05) is 39.3 Å². The Kier molecular flexibility index (Phi) is 11.9. The summed E-state index contributed by atoms with van der Waals surface area (Å²) in [6.07, 6.45) is 1.13. The van der Waals surface area contributed by atoms with Crippen molar-refractivity contribution in [3.8, 4) is 5.75 Å². The van der Waals surface area contributed by atoms with Gasteiger partial charge in [-0.1, -0.05) is 30.3 Å². The van der Waals surface area contributed by atoms with Gasteiger partial charge in [-0.25, -0.2) is 0 Å². The maximum atomic E-state index is 6.60. The Morgan fingerprint density at radius 1 is 1.10 bits per heavy atom. The zero-order chi connectivity index (χ0) is 27.5. The number of nitrogens with two attached hydrogens (primary N) is 1. The summed E-state index contributed by atoms with van der Waals surface area (Å²) in [6.45, 7) is 12.1. The lowest BCUT2D eigenvalue weighted by Crippen LogP contribution is -2.49. The van der Waals surface area contributed by atoms with Crippen molar-refractivity contribution >= 4 is 5.69 Å². The summed E-state index contributed by atoms with van der Waals surface area (Å²) in [5.41, 5.74) is 11.0. The van der Waals surface area contributed by atoms with E-state index >= 15 is 0 Å². The van der Waals surface area contributed by atoms with Gasteiger partial charge in [-0.15, -0.1) is 0 Å². The van der Waals surface area contributed by atoms with Crippen LogP contribution in [-0.4, -0.2) is 78.5 Å². The highest BCUT2D eigenvalue weighted by molar-refractivity contribution is 5.61. The molecule has 0 radical (unpaired) electrons. The first-order valence-corrected chi connectivity index (χ1v) is 14.4. The van der Waals surface area contributed by atoms with E-state index in [1.54, 1.807) is 7.11 Å². The summed E-state index contributed by atoms with van der Waals surface area (Å²) >= 11 is 0. The average Bonchev–Trinajstić information content (AvgIpc) is 2.96. The second-order valence-electron chi connectivity index (χ2n) is 10.5. The van der Waals surface area contributed by atoms with Crippen LogP contribution in [0.4, 0.5) is 5.69 Å². The summed E-state index contributed by atoms with van der Waals surface area (Å²) in [6, 6.07) is 15.2. The van der Waals surface area contributed by atoms with Gasteiger partial charge < -0.3 is 39.6 Å². The summed E-state index contributed by atoms with van der Waals surface area (Å²) in [7, 11) is 1.75. The third-order valence-electron chi connectivity index (χ3n) is 7.62. The first-order valence-electron chi connectivity index (χ1n) is 14.4. The van der Waals surface area contributed by atoms with Crippen molar-refractivity contribution < 1.29 is 23.7 Å². The fourth-order valence-electron chi connectivity index (χ4n) is 5.60. The number of nitrogens with zero attached hydrogens (tertiary/aromatic N) is 1. The van der Waals surface area contributed by atoms with Gasteiger partial charge in [-0.3, -0.25) is 0 Å². The molecular formula is C31H47N3O5. The van der Waals surface area contributed by atoms with E-state index in [2.05, 4.69) is 52.7 Å². The van der Waals surface area contributed by atoms with Crippen LogP contribution in [0.5, 0.6) is 5.75 Å². The molecule has 4 rings (SSSR count). The van der Waals surface area contributed by atoms with Crippen LogP contribution < -0.4 is 20.7 Å². The predicted molar refractivity (Wildman–Crippen MR) is 155 cm³/mol. The number of hydrogen-bond acceptors (Lipinski definition) is 8. The van der Waals surface area contributed by atoms with Gasteiger partial charge in [-0.05, 0) is 68.1 Å². The third kappa shape index (κ3) is 8.39. The number of ether oxygens (including phenoxy) is 5. The Morgan fingerprint density at radius 2 is 1.92 bits per heavy atom. The second-order valence-corrected chi connectivity index (χ2v) is 10.5. The van der Waals surface area contributed by atoms with Gasteiger partial charge in [0.15, 0.2) is 0 Å². The average molecular weight is 542 g/mol. The highest BCUT2D eigenvalue weighted by atomic mass is 16.5. The Morgan fingerprint density at radius 3 is 2.69 bits per heavy atom. The number of piperidine rings is 1. The molecule has 2 aromatic carbocycles. The van der Waals surface area contributed by atoms with Gasteiger partial charge in [0.2, 0.25) is 0 Å². The lowest BCUT2D eigenvalue weighted by Gasteiger charge is -2.38. The Hall–Kier alpha value is -2.20. The number of benzene rings is 2. The van der Waals surface area contributed by atoms with Gasteiger partial charge in [0.1, 0.15) is 12.4 Å². The highest BCUT2D eigenvalue weighted by Crippen LogP contribution is 2.35. The van der Waals surface area contributed by atoms with Crippen LogP contribution in [-0.2, 0) is 32.2 Å². The number of anilines is 1. The van der Waals surface area contributed by atoms with Crippen LogP contribution in [0.2, 0.25) is 0 Å². The fourth-order valence-corrected chi connectivity index (χ4v) is 5.60.